The molecule has 0 amide bonds. The molecule has 1 aliphatic carbocycles. The maximum atomic E-state index is 9.81. The topological polar surface area (TPSA) is 59.0 Å². The van der Waals surface area contributed by atoms with Crippen molar-refractivity contribution in [2.24, 2.45) is 5.73 Å². The maximum Gasteiger partial charge on any atom is 0.205 e. The zero-order valence-corrected chi connectivity index (χ0v) is 16.3. The third-order valence-corrected chi connectivity index (χ3v) is 5.73. The van der Waals surface area contributed by atoms with Crippen LogP contribution in [0.4, 0.5) is 0 Å². The fourth-order valence-corrected chi connectivity index (χ4v) is 4.24. The lowest BCUT2D eigenvalue weighted by Gasteiger charge is -2.34. The van der Waals surface area contributed by atoms with Crippen LogP contribution >= 0.6 is 0 Å². The Bertz CT molecular complexity index is 1070. The number of aryl methyl sites for hydroxylation is 2. The van der Waals surface area contributed by atoms with Crippen LogP contribution in [0.25, 0.3) is 6.08 Å². The Morgan fingerprint density at radius 3 is 2.46 bits per heavy atom. The first-order valence-corrected chi connectivity index (χ1v) is 9.73. The SMILES string of the molecule is Cc1ccccc1C=C1CCCC2=C1OC(N)=C(C#N)C2c1ccccc1C. The number of ether oxygens (including phenoxy) is 1. The molecule has 3 nitrogen and oxygen atoms in total. The van der Waals surface area contributed by atoms with Crippen molar-refractivity contribution in [1.29, 1.82) is 5.26 Å². The average Bonchev–Trinajstić information content (AvgIpc) is 2.70. The summed E-state index contributed by atoms with van der Waals surface area (Å²) in [5, 5.41) is 9.81. The molecule has 0 saturated carbocycles. The van der Waals surface area contributed by atoms with Gasteiger partial charge < -0.3 is 10.5 Å². The number of rotatable bonds is 2. The fraction of sp³-hybridized carbons (Fsp3) is 0.240. The lowest BCUT2D eigenvalue weighted by molar-refractivity contribution is 0.277. The number of allylic oxidation sites excluding steroid dienone is 3. The van der Waals surface area contributed by atoms with Crippen LogP contribution in [0, 0.1) is 25.2 Å². The van der Waals surface area contributed by atoms with Crippen LogP contribution in [0.1, 0.15) is 47.4 Å². The predicted octanol–water partition coefficient (Wildman–Crippen LogP) is 5.63. The minimum absolute atomic E-state index is 0.129. The Kier molecular flexibility index (Phi) is 4.79. The second-order valence-electron chi connectivity index (χ2n) is 7.52. The lowest BCUT2D eigenvalue weighted by atomic mass is 9.76. The van der Waals surface area contributed by atoms with E-state index in [4.69, 9.17) is 10.5 Å². The molecule has 1 heterocycles. The van der Waals surface area contributed by atoms with Gasteiger partial charge in [0.1, 0.15) is 17.4 Å². The summed E-state index contributed by atoms with van der Waals surface area (Å²) in [6.07, 6.45) is 5.12. The minimum atomic E-state index is -0.129. The van der Waals surface area contributed by atoms with Gasteiger partial charge in [-0.3, -0.25) is 0 Å². The van der Waals surface area contributed by atoms with E-state index in [0.717, 1.165) is 41.7 Å². The van der Waals surface area contributed by atoms with Gasteiger partial charge in [-0.05, 0) is 72.6 Å². The summed E-state index contributed by atoms with van der Waals surface area (Å²) >= 11 is 0. The third kappa shape index (κ3) is 3.12. The first kappa shape index (κ1) is 18.1. The van der Waals surface area contributed by atoms with E-state index in [9.17, 15) is 5.26 Å². The summed E-state index contributed by atoms with van der Waals surface area (Å²) in [5.41, 5.74) is 13.8. The highest BCUT2D eigenvalue weighted by atomic mass is 16.5. The first-order chi connectivity index (χ1) is 13.6. The van der Waals surface area contributed by atoms with Gasteiger partial charge in [0.15, 0.2) is 0 Å². The standard InChI is InChI=1S/C25H24N2O/c1-16-8-3-5-10-18(16)14-19-11-7-13-21-23(20-12-6-4-9-17(20)2)22(15-26)25(27)28-24(19)21/h3-6,8-10,12,14,23H,7,11,13,27H2,1-2H3. The number of hydrogen-bond acceptors (Lipinski definition) is 3. The summed E-state index contributed by atoms with van der Waals surface area (Å²) in [6, 6.07) is 18.9. The lowest BCUT2D eigenvalue weighted by Crippen LogP contribution is -2.24. The van der Waals surface area contributed by atoms with Crippen molar-refractivity contribution in [2.45, 2.75) is 39.0 Å². The molecule has 3 heteroatoms. The molecule has 2 aromatic carbocycles. The highest BCUT2D eigenvalue weighted by Gasteiger charge is 2.36. The van der Waals surface area contributed by atoms with E-state index in [2.05, 4.69) is 56.3 Å². The molecule has 2 aromatic rings. The van der Waals surface area contributed by atoms with Crippen LogP contribution < -0.4 is 5.73 Å². The van der Waals surface area contributed by atoms with E-state index in [1.165, 1.54) is 16.7 Å². The Labute approximate surface area is 166 Å². The van der Waals surface area contributed by atoms with Crippen LogP contribution in [-0.4, -0.2) is 0 Å². The molecule has 0 radical (unpaired) electrons. The van der Waals surface area contributed by atoms with E-state index in [0.29, 0.717) is 5.57 Å². The molecule has 4 rings (SSSR count). The van der Waals surface area contributed by atoms with Crippen LogP contribution in [0.5, 0.6) is 0 Å². The summed E-state index contributed by atoms with van der Waals surface area (Å²) in [6.45, 7) is 4.20. The van der Waals surface area contributed by atoms with Gasteiger partial charge in [0.05, 0.1) is 0 Å². The highest BCUT2D eigenvalue weighted by molar-refractivity contribution is 5.64. The fourth-order valence-electron chi connectivity index (χ4n) is 4.24. The van der Waals surface area contributed by atoms with Crippen molar-refractivity contribution in [3.05, 3.63) is 99.1 Å². The van der Waals surface area contributed by atoms with Crippen LogP contribution in [-0.2, 0) is 4.74 Å². The highest BCUT2D eigenvalue weighted by Crippen LogP contribution is 2.47. The molecular formula is C25H24N2O. The van der Waals surface area contributed by atoms with Crippen molar-refractivity contribution in [1.82, 2.24) is 0 Å². The summed E-state index contributed by atoms with van der Waals surface area (Å²) in [4.78, 5) is 0. The van der Waals surface area contributed by atoms with Crippen molar-refractivity contribution in [2.75, 3.05) is 0 Å². The van der Waals surface area contributed by atoms with E-state index in [1.807, 2.05) is 18.2 Å². The molecule has 1 atom stereocenters. The van der Waals surface area contributed by atoms with Crippen molar-refractivity contribution in [3.8, 4) is 6.07 Å². The molecule has 0 fully saturated rings. The van der Waals surface area contributed by atoms with Crippen LogP contribution in [0.15, 0.2) is 76.9 Å². The van der Waals surface area contributed by atoms with Gasteiger partial charge in [0, 0.05) is 5.92 Å². The second-order valence-corrected chi connectivity index (χ2v) is 7.52. The van der Waals surface area contributed by atoms with Gasteiger partial charge in [0.25, 0.3) is 0 Å². The number of nitrogens with two attached hydrogens (primary N) is 1. The number of nitriles is 1. The van der Waals surface area contributed by atoms with E-state index in [-0.39, 0.29) is 11.8 Å². The van der Waals surface area contributed by atoms with Gasteiger partial charge in [-0.2, -0.15) is 5.26 Å². The van der Waals surface area contributed by atoms with Gasteiger partial charge in [-0.1, -0.05) is 48.5 Å². The Morgan fingerprint density at radius 2 is 1.75 bits per heavy atom. The van der Waals surface area contributed by atoms with Crippen LogP contribution in [0.2, 0.25) is 0 Å². The first-order valence-electron chi connectivity index (χ1n) is 9.73. The summed E-state index contributed by atoms with van der Waals surface area (Å²) < 4.78 is 6.06. The second kappa shape index (κ2) is 7.40. The van der Waals surface area contributed by atoms with Crippen molar-refractivity contribution < 1.29 is 4.74 Å². The number of hydrogen-bond donors (Lipinski definition) is 1. The molecule has 2 aliphatic rings. The Balaban J connectivity index is 1.88. The zero-order valence-electron chi connectivity index (χ0n) is 16.3. The minimum Gasteiger partial charge on any atom is -0.440 e. The van der Waals surface area contributed by atoms with Gasteiger partial charge in [0.2, 0.25) is 5.88 Å². The normalized spacial score (nSPS) is 20.6. The van der Waals surface area contributed by atoms with E-state index >= 15 is 0 Å². The van der Waals surface area contributed by atoms with Crippen LogP contribution in [0.3, 0.4) is 0 Å². The smallest absolute Gasteiger partial charge is 0.205 e. The molecule has 1 unspecified atom stereocenters. The largest absolute Gasteiger partial charge is 0.440 e. The predicted molar refractivity (Wildman–Crippen MR) is 112 cm³/mol. The molecule has 1 aliphatic heterocycles. The van der Waals surface area contributed by atoms with E-state index in [1.54, 1.807) is 0 Å². The quantitative estimate of drug-likeness (QED) is 0.747. The van der Waals surface area contributed by atoms with Gasteiger partial charge in [-0.25, -0.2) is 0 Å². The van der Waals surface area contributed by atoms with Crippen molar-refractivity contribution >= 4 is 6.08 Å². The number of nitrogens with zero attached hydrogens (tertiary/aromatic N) is 1. The summed E-state index contributed by atoms with van der Waals surface area (Å²) in [7, 11) is 0. The zero-order chi connectivity index (χ0) is 19.7. The molecule has 2 N–H and O–H groups in total. The molecule has 0 saturated heterocycles. The van der Waals surface area contributed by atoms with Crippen molar-refractivity contribution in [3.63, 3.8) is 0 Å². The molecule has 0 aromatic heterocycles. The van der Waals surface area contributed by atoms with E-state index < -0.39 is 0 Å². The number of benzene rings is 2. The Morgan fingerprint density at radius 1 is 1.04 bits per heavy atom. The summed E-state index contributed by atoms with van der Waals surface area (Å²) in [5.74, 6) is 0.960. The molecular weight excluding hydrogens is 344 g/mol. The third-order valence-electron chi connectivity index (χ3n) is 5.73. The molecule has 140 valence electrons. The average molecular weight is 368 g/mol. The molecule has 28 heavy (non-hydrogen) atoms. The van der Waals surface area contributed by atoms with Gasteiger partial charge in [-0.15, -0.1) is 0 Å². The maximum absolute atomic E-state index is 9.81. The monoisotopic (exact) mass is 368 g/mol. The van der Waals surface area contributed by atoms with Gasteiger partial charge >= 0.3 is 0 Å². The molecule has 0 bridgehead atoms. The molecule has 0 spiro atoms. The Hall–Kier alpha value is -3.25.